The van der Waals surface area contributed by atoms with Crippen LogP contribution in [0.2, 0.25) is 0 Å². The minimum absolute atomic E-state index is 0.0127. The summed E-state index contributed by atoms with van der Waals surface area (Å²) in [4.78, 5) is 14.9. The Labute approximate surface area is 136 Å². The number of carbonyl (C=O) groups is 1. The lowest BCUT2D eigenvalue weighted by Gasteiger charge is -2.29. The summed E-state index contributed by atoms with van der Waals surface area (Å²) in [7, 11) is 1.68. The lowest BCUT2D eigenvalue weighted by Crippen LogP contribution is -2.28. The quantitative estimate of drug-likeness (QED) is 0.794. The van der Waals surface area contributed by atoms with E-state index in [1.807, 2.05) is 29.2 Å². The highest BCUT2D eigenvalue weighted by molar-refractivity contribution is 5.99. The van der Waals surface area contributed by atoms with Gasteiger partial charge in [0.15, 0.2) is 0 Å². The van der Waals surface area contributed by atoms with E-state index in [9.17, 15) is 4.79 Å². The lowest BCUT2D eigenvalue weighted by atomic mass is 9.77. The minimum atomic E-state index is 0.0127. The van der Waals surface area contributed by atoms with Crippen molar-refractivity contribution in [1.29, 1.82) is 0 Å². The molecule has 2 aliphatic heterocycles. The fourth-order valence-electron chi connectivity index (χ4n) is 4.11. The molecular weight excluding hydrogens is 286 g/mol. The summed E-state index contributed by atoms with van der Waals surface area (Å²) in [5.41, 5.74) is 4.56. The maximum Gasteiger partial charge on any atom is 0.255 e. The number of ether oxygens (including phenoxy) is 1. The number of hydrogen-bond acceptors (Lipinski definition) is 2. The topological polar surface area (TPSA) is 29.5 Å². The molecule has 0 aromatic heterocycles. The molecule has 0 spiro atoms. The van der Waals surface area contributed by atoms with Gasteiger partial charge in [0.2, 0.25) is 0 Å². The second kappa shape index (κ2) is 4.85. The standard InChI is InChI=1S/C20H21NO2/c1-20(2)11-18-15-6-4-5-7-16(15)19(22)21(18)12-13-10-14(23-3)8-9-17(13)20/h4-10,18H,11-12H2,1-3H3. The van der Waals surface area contributed by atoms with Gasteiger partial charge < -0.3 is 9.64 Å². The van der Waals surface area contributed by atoms with E-state index in [1.165, 1.54) is 16.7 Å². The average Bonchev–Trinajstić information content (AvgIpc) is 2.73. The second-order valence-corrected chi connectivity index (χ2v) is 7.15. The molecule has 2 heterocycles. The smallest absolute Gasteiger partial charge is 0.255 e. The number of rotatable bonds is 1. The molecule has 0 radical (unpaired) electrons. The van der Waals surface area contributed by atoms with Gasteiger partial charge in [0, 0.05) is 12.1 Å². The Bertz CT molecular complexity index is 794. The third-order valence-electron chi connectivity index (χ3n) is 5.27. The van der Waals surface area contributed by atoms with E-state index in [1.54, 1.807) is 7.11 Å². The van der Waals surface area contributed by atoms with Crippen LogP contribution in [-0.4, -0.2) is 17.9 Å². The van der Waals surface area contributed by atoms with Gasteiger partial charge >= 0.3 is 0 Å². The first kappa shape index (κ1) is 14.3. The Kier molecular flexibility index (Phi) is 3.02. The zero-order chi connectivity index (χ0) is 16.2. The SMILES string of the molecule is COc1ccc2c(c1)CN1C(=O)c3ccccc3C1CC2(C)C. The Balaban J connectivity index is 1.86. The van der Waals surface area contributed by atoms with Crippen LogP contribution in [0.15, 0.2) is 42.5 Å². The Morgan fingerprint density at radius 2 is 1.96 bits per heavy atom. The molecule has 2 aliphatic rings. The Hall–Kier alpha value is -2.29. The third-order valence-corrected chi connectivity index (χ3v) is 5.27. The maximum atomic E-state index is 12.9. The summed E-state index contributed by atoms with van der Waals surface area (Å²) < 4.78 is 5.39. The van der Waals surface area contributed by atoms with Crippen LogP contribution in [0.1, 0.15) is 53.4 Å². The molecule has 118 valence electrons. The van der Waals surface area contributed by atoms with Crippen LogP contribution >= 0.6 is 0 Å². The van der Waals surface area contributed by atoms with Crippen LogP contribution in [0, 0.1) is 0 Å². The zero-order valence-electron chi connectivity index (χ0n) is 13.8. The Morgan fingerprint density at radius 1 is 1.17 bits per heavy atom. The maximum absolute atomic E-state index is 12.9. The molecule has 0 N–H and O–H groups in total. The van der Waals surface area contributed by atoms with E-state index in [4.69, 9.17) is 4.74 Å². The molecule has 2 aromatic rings. The van der Waals surface area contributed by atoms with Crippen molar-refractivity contribution >= 4 is 5.91 Å². The highest BCUT2D eigenvalue weighted by Gasteiger charge is 2.43. The molecule has 3 nitrogen and oxygen atoms in total. The van der Waals surface area contributed by atoms with Gasteiger partial charge in [-0.15, -0.1) is 0 Å². The van der Waals surface area contributed by atoms with Gasteiger partial charge in [0.1, 0.15) is 5.75 Å². The summed E-state index contributed by atoms with van der Waals surface area (Å²) in [6, 6.07) is 14.5. The van der Waals surface area contributed by atoms with Crippen LogP contribution in [-0.2, 0) is 12.0 Å². The van der Waals surface area contributed by atoms with Crippen molar-refractivity contribution in [2.45, 2.75) is 38.3 Å². The van der Waals surface area contributed by atoms with Crippen molar-refractivity contribution < 1.29 is 9.53 Å². The monoisotopic (exact) mass is 307 g/mol. The van der Waals surface area contributed by atoms with Gasteiger partial charge in [-0.2, -0.15) is 0 Å². The first-order valence-corrected chi connectivity index (χ1v) is 8.08. The molecule has 0 bridgehead atoms. The van der Waals surface area contributed by atoms with Crippen LogP contribution in [0.5, 0.6) is 5.75 Å². The van der Waals surface area contributed by atoms with E-state index >= 15 is 0 Å². The molecule has 23 heavy (non-hydrogen) atoms. The second-order valence-electron chi connectivity index (χ2n) is 7.15. The van der Waals surface area contributed by atoms with Crippen LogP contribution in [0.3, 0.4) is 0 Å². The predicted molar refractivity (Wildman–Crippen MR) is 89.7 cm³/mol. The summed E-state index contributed by atoms with van der Waals surface area (Å²) in [5.74, 6) is 0.999. The first-order valence-electron chi connectivity index (χ1n) is 8.08. The number of amides is 1. The van der Waals surface area contributed by atoms with Crippen LogP contribution in [0.25, 0.3) is 0 Å². The van der Waals surface area contributed by atoms with Crippen LogP contribution < -0.4 is 4.74 Å². The van der Waals surface area contributed by atoms with E-state index in [0.717, 1.165) is 17.7 Å². The van der Waals surface area contributed by atoms with Gasteiger partial charge in [-0.1, -0.05) is 38.1 Å². The minimum Gasteiger partial charge on any atom is -0.497 e. The number of nitrogens with zero attached hydrogens (tertiary/aromatic N) is 1. The summed E-state index contributed by atoms with van der Waals surface area (Å²) in [6.07, 6.45) is 0.940. The van der Waals surface area contributed by atoms with Crippen molar-refractivity contribution in [3.8, 4) is 5.75 Å². The molecule has 4 rings (SSSR count). The Morgan fingerprint density at radius 3 is 2.74 bits per heavy atom. The van der Waals surface area contributed by atoms with Gasteiger partial charge in [-0.3, -0.25) is 4.79 Å². The largest absolute Gasteiger partial charge is 0.497 e. The van der Waals surface area contributed by atoms with Crippen molar-refractivity contribution in [3.05, 3.63) is 64.7 Å². The van der Waals surface area contributed by atoms with Gasteiger partial charge in [-0.05, 0) is 46.7 Å². The van der Waals surface area contributed by atoms with Crippen molar-refractivity contribution in [2.75, 3.05) is 7.11 Å². The molecule has 0 saturated carbocycles. The molecule has 0 aliphatic carbocycles. The number of methoxy groups -OCH3 is 1. The zero-order valence-corrected chi connectivity index (χ0v) is 13.8. The lowest BCUT2D eigenvalue weighted by molar-refractivity contribution is 0.0697. The van der Waals surface area contributed by atoms with Crippen LogP contribution in [0.4, 0.5) is 0 Å². The highest BCUT2D eigenvalue weighted by atomic mass is 16.5. The number of hydrogen-bond donors (Lipinski definition) is 0. The first-order chi connectivity index (χ1) is 11.0. The predicted octanol–water partition coefficient (Wildman–Crippen LogP) is 4.07. The normalized spacial score (nSPS) is 21.3. The molecule has 0 fully saturated rings. The summed E-state index contributed by atoms with van der Waals surface area (Å²) in [6.45, 7) is 5.19. The molecule has 1 atom stereocenters. The number of fused-ring (bicyclic) bond motifs is 4. The number of benzene rings is 2. The van der Waals surface area contributed by atoms with Gasteiger partial charge in [0.25, 0.3) is 5.91 Å². The number of carbonyl (C=O) groups excluding carboxylic acids is 1. The molecule has 1 amide bonds. The van der Waals surface area contributed by atoms with Gasteiger partial charge in [0.05, 0.1) is 13.2 Å². The molecular formula is C20H21NO2. The van der Waals surface area contributed by atoms with Gasteiger partial charge in [-0.25, -0.2) is 0 Å². The fourth-order valence-corrected chi connectivity index (χ4v) is 4.11. The van der Waals surface area contributed by atoms with Crippen molar-refractivity contribution in [3.63, 3.8) is 0 Å². The molecule has 0 saturated heterocycles. The highest BCUT2D eigenvalue weighted by Crippen LogP contribution is 2.47. The van der Waals surface area contributed by atoms with E-state index in [0.29, 0.717) is 6.54 Å². The fraction of sp³-hybridized carbons (Fsp3) is 0.350. The average molecular weight is 307 g/mol. The van der Waals surface area contributed by atoms with E-state index in [-0.39, 0.29) is 17.4 Å². The molecule has 1 unspecified atom stereocenters. The van der Waals surface area contributed by atoms with Crippen molar-refractivity contribution in [2.24, 2.45) is 0 Å². The summed E-state index contributed by atoms with van der Waals surface area (Å²) in [5, 5.41) is 0. The molecule has 3 heteroatoms. The van der Waals surface area contributed by atoms with E-state index in [2.05, 4.69) is 32.0 Å². The summed E-state index contributed by atoms with van der Waals surface area (Å²) >= 11 is 0. The van der Waals surface area contributed by atoms with E-state index < -0.39 is 0 Å². The van der Waals surface area contributed by atoms with Crippen molar-refractivity contribution in [1.82, 2.24) is 4.90 Å². The third kappa shape index (κ3) is 2.07. The molecule has 2 aromatic carbocycles.